The van der Waals surface area contributed by atoms with Crippen molar-refractivity contribution >= 4 is 28.4 Å². The minimum absolute atomic E-state index is 0.412. The Balaban J connectivity index is 1.08. The van der Waals surface area contributed by atoms with E-state index in [9.17, 15) is 4.79 Å². The van der Waals surface area contributed by atoms with Gasteiger partial charge in [-0.2, -0.15) is 0 Å². The van der Waals surface area contributed by atoms with E-state index in [-0.39, 0.29) is 0 Å². The van der Waals surface area contributed by atoms with Gasteiger partial charge < -0.3 is 20.4 Å². The lowest BCUT2D eigenvalue weighted by Crippen LogP contribution is -2.46. The van der Waals surface area contributed by atoms with E-state index in [1.54, 1.807) is 4.90 Å². The topological polar surface area (TPSA) is 77.8 Å². The van der Waals surface area contributed by atoms with E-state index >= 15 is 0 Å². The number of amides is 2. The number of hydrogen-bond donors (Lipinski definition) is 2. The van der Waals surface area contributed by atoms with Crippen molar-refractivity contribution in [3.63, 3.8) is 0 Å². The molecule has 1 aromatic heterocycles. The number of H-pyrrole nitrogens is 1. The molecule has 5 rings (SSSR count). The molecule has 7 heteroatoms. The number of piperazine rings is 1. The fraction of sp³-hybridized carbons (Fsp3) is 0.400. The van der Waals surface area contributed by atoms with E-state index in [1.165, 1.54) is 11.3 Å². The Bertz CT molecular complexity index is 1050. The molecule has 0 saturated carbocycles. The van der Waals surface area contributed by atoms with Gasteiger partial charge in [-0.3, -0.25) is 9.80 Å². The Labute approximate surface area is 188 Å². The lowest BCUT2D eigenvalue weighted by atomic mass is 10.1. The summed E-state index contributed by atoms with van der Waals surface area (Å²) in [5.41, 5.74) is 9.32. The summed E-state index contributed by atoms with van der Waals surface area (Å²) in [7, 11) is 0. The summed E-state index contributed by atoms with van der Waals surface area (Å²) in [4.78, 5) is 22.0. The molecule has 2 aliphatic heterocycles. The first-order valence-corrected chi connectivity index (χ1v) is 11.6. The van der Waals surface area contributed by atoms with E-state index < -0.39 is 6.03 Å². The third-order valence-corrected chi connectivity index (χ3v) is 6.59. The number of carbonyl (C=O) groups is 1. The second kappa shape index (κ2) is 9.12. The molecule has 3 N–H and O–H groups in total. The smallest absolute Gasteiger partial charge is 0.320 e. The summed E-state index contributed by atoms with van der Waals surface area (Å²) in [6, 6.07) is 16.2. The minimum atomic E-state index is -0.412. The lowest BCUT2D eigenvalue weighted by Gasteiger charge is -2.36. The Hall–Kier alpha value is -3.19. The van der Waals surface area contributed by atoms with Crippen molar-refractivity contribution in [1.82, 2.24) is 9.88 Å². The maximum Gasteiger partial charge on any atom is 0.320 e. The standard InChI is InChI=1S/C25H31N5O2/c26-25(31)30(24-18-19-5-1-2-6-22(19)27-24)11-4-3-10-28-12-14-29(15-13-28)21-7-8-23-20(17-21)9-16-32-23/h1-2,5-8,17-18,27H,3-4,9-16H2,(H2,26,31). The number of benzene rings is 2. The van der Waals surface area contributed by atoms with Crippen LogP contribution in [0.15, 0.2) is 48.5 Å². The summed E-state index contributed by atoms with van der Waals surface area (Å²) in [5, 5.41) is 1.09. The van der Waals surface area contributed by atoms with Gasteiger partial charge in [0.1, 0.15) is 11.6 Å². The number of nitrogens with zero attached hydrogens (tertiary/aromatic N) is 3. The van der Waals surface area contributed by atoms with Gasteiger partial charge in [-0.05, 0) is 55.3 Å². The van der Waals surface area contributed by atoms with Crippen LogP contribution in [0.5, 0.6) is 5.75 Å². The van der Waals surface area contributed by atoms with E-state index in [0.717, 1.165) is 81.1 Å². The molecule has 0 atom stereocenters. The maximum absolute atomic E-state index is 12.0. The molecule has 3 heterocycles. The number of rotatable bonds is 7. The van der Waals surface area contributed by atoms with Gasteiger partial charge >= 0.3 is 6.03 Å². The number of fused-ring (bicyclic) bond motifs is 2. The summed E-state index contributed by atoms with van der Waals surface area (Å²) < 4.78 is 5.63. The average molecular weight is 434 g/mol. The number of nitrogens with two attached hydrogens (primary N) is 1. The van der Waals surface area contributed by atoms with Crippen molar-refractivity contribution in [1.29, 1.82) is 0 Å². The van der Waals surface area contributed by atoms with Gasteiger partial charge in [0.2, 0.25) is 0 Å². The SMILES string of the molecule is NC(=O)N(CCCCN1CCN(c2ccc3c(c2)CCO3)CC1)c1cc2ccccc2[nH]1. The average Bonchev–Trinajstić information content (AvgIpc) is 3.45. The Morgan fingerprint density at radius 3 is 2.72 bits per heavy atom. The van der Waals surface area contributed by atoms with Crippen LogP contribution >= 0.6 is 0 Å². The number of urea groups is 1. The van der Waals surface area contributed by atoms with Crippen LogP contribution in [0.1, 0.15) is 18.4 Å². The zero-order chi connectivity index (χ0) is 21.9. The molecule has 1 fully saturated rings. The van der Waals surface area contributed by atoms with Crippen LogP contribution in [0.3, 0.4) is 0 Å². The number of aromatic amines is 1. The number of para-hydroxylation sites is 1. The van der Waals surface area contributed by atoms with Crippen LogP contribution in [0.25, 0.3) is 10.9 Å². The Morgan fingerprint density at radius 1 is 1.06 bits per heavy atom. The second-order valence-corrected chi connectivity index (χ2v) is 8.66. The zero-order valence-electron chi connectivity index (χ0n) is 18.4. The number of anilines is 2. The van der Waals surface area contributed by atoms with E-state index in [1.807, 2.05) is 30.3 Å². The van der Waals surface area contributed by atoms with E-state index in [2.05, 4.69) is 33.0 Å². The summed E-state index contributed by atoms with van der Waals surface area (Å²) >= 11 is 0. The normalized spacial score (nSPS) is 16.2. The quantitative estimate of drug-likeness (QED) is 0.558. The second-order valence-electron chi connectivity index (χ2n) is 8.66. The molecular weight excluding hydrogens is 402 g/mol. The van der Waals surface area contributed by atoms with Crippen molar-refractivity contribution in [2.45, 2.75) is 19.3 Å². The fourth-order valence-corrected chi connectivity index (χ4v) is 4.76. The number of ether oxygens (including phenoxy) is 1. The van der Waals surface area contributed by atoms with Crippen LogP contribution < -0.4 is 20.3 Å². The summed E-state index contributed by atoms with van der Waals surface area (Å²) in [6.45, 7) is 6.69. The van der Waals surface area contributed by atoms with Crippen LogP contribution in [0.2, 0.25) is 0 Å². The number of hydrogen-bond acceptors (Lipinski definition) is 4. The van der Waals surface area contributed by atoms with E-state index in [4.69, 9.17) is 10.5 Å². The highest BCUT2D eigenvalue weighted by atomic mass is 16.5. The predicted octanol–water partition coefficient (Wildman–Crippen LogP) is 3.59. The fourth-order valence-electron chi connectivity index (χ4n) is 4.76. The Kier molecular flexibility index (Phi) is 5.90. The maximum atomic E-state index is 12.0. The van der Waals surface area contributed by atoms with Crippen molar-refractivity contribution in [3.8, 4) is 5.75 Å². The number of carbonyl (C=O) groups excluding carboxylic acids is 1. The first-order chi connectivity index (χ1) is 15.7. The number of primary amides is 1. The highest BCUT2D eigenvalue weighted by Gasteiger charge is 2.20. The highest BCUT2D eigenvalue weighted by Crippen LogP contribution is 2.30. The number of unbranched alkanes of at least 4 members (excludes halogenated alkanes) is 1. The van der Waals surface area contributed by atoms with Gasteiger partial charge in [0.05, 0.1) is 6.61 Å². The van der Waals surface area contributed by atoms with Gasteiger partial charge in [-0.25, -0.2) is 4.79 Å². The molecular formula is C25H31N5O2. The first-order valence-electron chi connectivity index (χ1n) is 11.6. The molecule has 3 aromatic rings. The largest absolute Gasteiger partial charge is 0.493 e. The predicted molar refractivity (Wildman–Crippen MR) is 129 cm³/mol. The first kappa shape index (κ1) is 20.7. The molecule has 2 aliphatic rings. The molecule has 168 valence electrons. The third kappa shape index (κ3) is 4.39. The molecule has 0 radical (unpaired) electrons. The third-order valence-electron chi connectivity index (χ3n) is 6.59. The van der Waals surface area contributed by atoms with Gasteiger partial charge in [0, 0.05) is 55.7 Å². The monoisotopic (exact) mass is 433 g/mol. The number of nitrogens with one attached hydrogen (secondary N) is 1. The van der Waals surface area contributed by atoms with E-state index in [0.29, 0.717) is 6.54 Å². The number of aromatic nitrogens is 1. The van der Waals surface area contributed by atoms with Crippen LogP contribution in [-0.4, -0.2) is 61.8 Å². The van der Waals surface area contributed by atoms with Crippen LogP contribution in [0, 0.1) is 0 Å². The van der Waals surface area contributed by atoms with Gasteiger partial charge in [0.15, 0.2) is 0 Å². The summed E-state index contributed by atoms with van der Waals surface area (Å²) in [6.07, 6.45) is 2.98. The minimum Gasteiger partial charge on any atom is -0.493 e. The van der Waals surface area contributed by atoms with Gasteiger partial charge in [-0.15, -0.1) is 0 Å². The van der Waals surface area contributed by atoms with Gasteiger partial charge in [0.25, 0.3) is 0 Å². The molecule has 1 saturated heterocycles. The van der Waals surface area contributed by atoms with Crippen LogP contribution in [0.4, 0.5) is 16.3 Å². The molecule has 7 nitrogen and oxygen atoms in total. The molecule has 2 amide bonds. The van der Waals surface area contributed by atoms with Crippen molar-refractivity contribution in [2.75, 3.05) is 55.7 Å². The van der Waals surface area contributed by atoms with Gasteiger partial charge in [-0.1, -0.05) is 18.2 Å². The van der Waals surface area contributed by atoms with Crippen LogP contribution in [-0.2, 0) is 6.42 Å². The highest BCUT2D eigenvalue weighted by molar-refractivity contribution is 5.94. The molecule has 0 aliphatic carbocycles. The lowest BCUT2D eigenvalue weighted by molar-refractivity contribution is 0.249. The van der Waals surface area contributed by atoms with Crippen molar-refractivity contribution < 1.29 is 9.53 Å². The molecule has 2 aromatic carbocycles. The Morgan fingerprint density at radius 2 is 1.91 bits per heavy atom. The molecule has 32 heavy (non-hydrogen) atoms. The molecule has 0 bridgehead atoms. The van der Waals surface area contributed by atoms with Crippen molar-refractivity contribution in [2.24, 2.45) is 5.73 Å². The summed E-state index contributed by atoms with van der Waals surface area (Å²) in [5.74, 6) is 1.82. The van der Waals surface area contributed by atoms with Crippen molar-refractivity contribution in [3.05, 3.63) is 54.1 Å². The zero-order valence-corrected chi connectivity index (χ0v) is 18.4. The molecule has 0 unspecified atom stereocenters. The molecule has 0 spiro atoms.